The lowest BCUT2D eigenvalue weighted by Gasteiger charge is -2.14. The largest absolute Gasteiger partial charge is 0.355 e. The smallest absolute Gasteiger partial charge is 0.262 e. The van der Waals surface area contributed by atoms with Crippen molar-refractivity contribution in [3.8, 4) is 0 Å². The third kappa shape index (κ3) is 4.96. The molecule has 0 atom stereocenters. The molecule has 0 aromatic heterocycles. The molecule has 2 aliphatic heterocycles. The number of hydrogen-bond acceptors (Lipinski definition) is 6. The molecule has 10 heteroatoms. The molecule has 2 N–H and O–H groups in total. The Balaban J connectivity index is 1.09. The first-order valence-electron chi connectivity index (χ1n) is 11.3. The van der Waals surface area contributed by atoms with Crippen LogP contribution in [0.5, 0.6) is 0 Å². The molecule has 2 aromatic carbocycles. The lowest BCUT2D eigenvalue weighted by Crippen LogP contribution is -2.41. The topological polar surface area (TPSA) is 133 Å². The molecule has 0 spiro atoms. The molecular weight excluding hydrogens is 452 g/mol. The number of benzene rings is 2. The van der Waals surface area contributed by atoms with Crippen LogP contribution in [0, 0.1) is 0 Å². The first-order valence-corrected chi connectivity index (χ1v) is 11.3. The second kappa shape index (κ2) is 10.3. The van der Waals surface area contributed by atoms with Gasteiger partial charge in [0.05, 0.1) is 22.3 Å². The van der Waals surface area contributed by atoms with E-state index in [1.807, 2.05) is 0 Å². The molecule has 0 radical (unpaired) electrons. The number of fused-ring (bicyclic) bond motifs is 2. The summed E-state index contributed by atoms with van der Waals surface area (Å²) in [5.41, 5.74) is 1.20. The average Bonchev–Trinajstić information content (AvgIpc) is 3.24. The molecule has 35 heavy (non-hydrogen) atoms. The second-order valence-electron chi connectivity index (χ2n) is 8.24. The molecule has 2 aliphatic rings. The monoisotopic (exact) mass is 476 g/mol. The van der Waals surface area contributed by atoms with Gasteiger partial charge in [0.15, 0.2) is 0 Å². The highest BCUT2D eigenvalue weighted by atomic mass is 16.2. The minimum atomic E-state index is -0.474. The Morgan fingerprint density at radius 3 is 1.17 bits per heavy atom. The van der Waals surface area contributed by atoms with Gasteiger partial charge < -0.3 is 10.6 Å². The van der Waals surface area contributed by atoms with E-state index in [1.54, 1.807) is 48.5 Å². The molecule has 0 saturated carbocycles. The molecule has 180 valence electrons. The standard InChI is InChI=1S/C25H24N4O6/c30-20(14-28-22(32)16-8-2-3-9-17(16)23(28)33)26-12-6-1-7-13-27-21(31)15-29-24(34)18-10-4-5-11-19(18)25(29)35/h2-5,8-11H,1,6-7,12-15H2,(H,26,30)(H,27,31). The summed E-state index contributed by atoms with van der Waals surface area (Å²) < 4.78 is 0. The molecule has 0 bridgehead atoms. The van der Waals surface area contributed by atoms with Crippen molar-refractivity contribution >= 4 is 35.4 Å². The zero-order valence-electron chi connectivity index (χ0n) is 18.9. The Hall–Kier alpha value is -4.34. The van der Waals surface area contributed by atoms with Gasteiger partial charge in [-0.15, -0.1) is 0 Å². The summed E-state index contributed by atoms with van der Waals surface area (Å²) in [6.45, 7) is 0.0659. The van der Waals surface area contributed by atoms with Crippen molar-refractivity contribution < 1.29 is 28.8 Å². The van der Waals surface area contributed by atoms with E-state index in [0.29, 0.717) is 54.6 Å². The highest BCUT2D eigenvalue weighted by Gasteiger charge is 2.37. The van der Waals surface area contributed by atoms with E-state index in [-0.39, 0.29) is 13.1 Å². The molecule has 6 amide bonds. The minimum absolute atomic E-state index is 0.301. The van der Waals surface area contributed by atoms with E-state index in [4.69, 9.17) is 0 Å². The normalized spacial score (nSPS) is 14.3. The molecule has 0 fully saturated rings. The number of nitrogens with one attached hydrogen (secondary N) is 2. The van der Waals surface area contributed by atoms with Crippen LogP contribution >= 0.6 is 0 Å². The van der Waals surface area contributed by atoms with E-state index in [0.717, 1.165) is 9.80 Å². The third-order valence-electron chi connectivity index (χ3n) is 5.86. The zero-order valence-corrected chi connectivity index (χ0v) is 18.9. The number of carbonyl (C=O) groups excluding carboxylic acids is 6. The van der Waals surface area contributed by atoms with E-state index in [9.17, 15) is 28.8 Å². The van der Waals surface area contributed by atoms with Crippen molar-refractivity contribution in [2.45, 2.75) is 19.3 Å². The van der Waals surface area contributed by atoms with Crippen LogP contribution in [0.1, 0.15) is 60.7 Å². The maximum atomic E-state index is 12.3. The molecule has 0 saturated heterocycles. The lowest BCUT2D eigenvalue weighted by atomic mass is 10.1. The van der Waals surface area contributed by atoms with Crippen LogP contribution in [-0.4, -0.2) is 71.4 Å². The van der Waals surface area contributed by atoms with Crippen molar-refractivity contribution in [1.29, 1.82) is 0 Å². The van der Waals surface area contributed by atoms with Crippen LogP contribution < -0.4 is 10.6 Å². The number of unbranched alkanes of at least 4 members (excludes halogenated alkanes) is 2. The van der Waals surface area contributed by atoms with E-state index >= 15 is 0 Å². The second-order valence-corrected chi connectivity index (χ2v) is 8.24. The Morgan fingerprint density at radius 2 is 0.857 bits per heavy atom. The summed E-state index contributed by atoms with van der Waals surface area (Å²) in [7, 11) is 0. The summed E-state index contributed by atoms with van der Waals surface area (Å²) in [5, 5.41) is 5.38. The fourth-order valence-electron chi connectivity index (χ4n) is 4.05. The molecule has 2 heterocycles. The number of hydrogen-bond donors (Lipinski definition) is 2. The van der Waals surface area contributed by atoms with Gasteiger partial charge in [0, 0.05) is 13.1 Å². The van der Waals surface area contributed by atoms with Crippen molar-refractivity contribution in [2.75, 3.05) is 26.2 Å². The fraction of sp³-hybridized carbons (Fsp3) is 0.280. The number of carbonyl (C=O) groups is 6. The van der Waals surface area contributed by atoms with Crippen molar-refractivity contribution in [3.05, 3.63) is 70.8 Å². The quantitative estimate of drug-likeness (QED) is 0.388. The summed E-state index contributed by atoms with van der Waals surface area (Å²) in [4.78, 5) is 75.4. The Bertz CT molecular complexity index is 1060. The third-order valence-corrected chi connectivity index (χ3v) is 5.86. The molecule has 0 unspecified atom stereocenters. The van der Waals surface area contributed by atoms with Crippen LogP contribution in [0.2, 0.25) is 0 Å². The fourth-order valence-corrected chi connectivity index (χ4v) is 4.05. The molecule has 4 rings (SSSR count). The van der Waals surface area contributed by atoms with Gasteiger partial charge in [-0.05, 0) is 43.5 Å². The lowest BCUT2D eigenvalue weighted by molar-refractivity contribution is -0.122. The van der Waals surface area contributed by atoms with Gasteiger partial charge in [-0.25, -0.2) is 0 Å². The molecule has 2 aromatic rings. The van der Waals surface area contributed by atoms with Gasteiger partial charge in [0.25, 0.3) is 23.6 Å². The summed E-state index contributed by atoms with van der Waals surface area (Å²) in [6.07, 6.45) is 1.99. The highest BCUT2D eigenvalue weighted by Crippen LogP contribution is 2.22. The van der Waals surface area contributed by atoms with Gasteiger partial charge in [0.2, 0.25) is 11.8 Å². The number of rotatable bonds is 10. The summed E-state index contributed by atoms with van der Waals surface area (Å²) >= 11 is 0. The maximum Gasteiger partial charge on any atom is 0.262 e. The van der Waals surface area contributed by atoms with E-state index in [1.165, 1.54) is 0 Å². The van der Waals surface area contributed by atoms with Gasteiger partial charge in [-0.1, -0.05) is 24.3 Å². The zero-order chi connectivity index (χ0) is 24.9. The van der Waals surface area contributed by atoms with Gasteiger partial charge in [-0.2, -0.15) is 0 Å². The number of amides is 6. The van der Waals surface area contributed by atoms with Crippen LogP contribution in [0.15, 0.2) is 48.5 Å². The average molecular weight is 476 g/mol. The van der Waals surface area contributed by atoms with E-state index < -0.39 is 35.4 Å². The molecular formula is C25H24N4O6. The Kier molecular flexibility index (Phi) is 7.00. The first kappa shape index (κ1) is 23.8. The predicted octanol–water partition coefficient (Wildman–Crippen LogP) is 0.982. The van der Waals surface area contributed by atoms with Crippen LogP contribution in [0.25, 0.3) is 0 Å². The minimum Gasteiger partial charge on any atom is -0.355 e. The Morgan fingerprint density at radius 1 is 0.543 bits per heavy atom. The predicted molar refractivity (Wildman–Crippen MR) is 123 cm³/mol. The highest BCUT2D eigenvalue weighted by molar-refractivity contribution is 6.23. The van der Waals surface area contributed by atoms with Gasteiger partial charge in [-0.3, -0.25) is 38.6 Å². The SMILES string of the molecule is O=C(CN1C(=O)c2ccccc2C1=O)NCCCCCNC(=O)CN1C(=O)c2ccccc2C1=O. The first-order chi connectivity index (χ1) is 16.9. The van der Waals surface area contributed by atoms with Crippen LogP contribution in [0.3, 0.4) is 0 Å². The van der Waals surface area contributed by atoms with Crippen molar-refractivity contribution in [1.82, 2.24) is 20.4 Å². The number of imide groups is 2. The summed E-state index contributed by atoms with van der Waals surface area (Å²) in [6, 6.07) is 12.9. The Labute approximate surface area is 201 Å². The van der Waals surface area contributed by atoms with Crippen LogP contribution in [-0.2, 0) is 9.59 Å². The maximum absolute atomic E-state index is 12.3. The molecule has 10 nitrogen and oxygen atoms in total. The van der Waals surface area contributed by atoms with Gasteiger partial charge >= 0.3 is 0 Å². The van der Waals surface area contributed by atoms with Crippen molar-refractivity contribution in [3.63, 3.8) is 0 Å². The van der Waals surface area contributed by atoms with E-state index in [2.05, 4.69) is 10.6 Å². The van der Waals surface area contributed by atoms with Crippen molar-refractivity contribution in [2.24, 2.45) is 0 Å². The molecule has 0 aliphatic carbocycles. The summed E-state index contributed by atoms with van der Waals surface area (Å²) in [5.74, 6) is -2.74. The number of nitrogens with zero attached hydrogens (tertiary/aromatic N) is 2. The van der Waals surface area contributed by atoms with Crippen LogP contribution in [0.4, 0.5) is 0 Å². The van der Waals surface area contributed by atoms with Gasteiger partial charge in [0.1, 0.15) is 13.1 Å².